The molecule has 0 aromatic heterocycles. The Kier molecular flexibility index (Phi) is 4.24. The van der Waals surface area contributed by atoms with Gasteiger partial charge in [0.25, 0.3) is 0 Å². The van der Waals surface area contributed by atoms with Gasteiger partial charge in [0.2, 0.25) is 0 Å². The molecule has 2 aromatic rings. The van der Waals surface area contributed by atoms with Gasteiger partial charge in [0.05, 0.1) is 0 Å². The molecule has 0 saturated heterocycles. The van der Waals surface area contributed by atoms with Crippen LogP contribution in [0.2, 0.25) is 0 Å². The standard InChI is InChI=1S/C21H23N/c1-3-4-9-20(22)21-18-8-6-5-7-16(18)12-13-19(21)17-11-10-15(2)14-17/h5-8,10,12-14,22H,3-4,9,11H2,1-2H3. The minimum Gasteiger partial charge on any atom is -0.305 e. The van der Waals surface area contributed by atoms with Gasteiger partial charge in [-0.05, 0) is 48.1 Å². The minimum absolute atomic E-state index is 0.777. The van der Waals surface area contributed by atoms with Gasteiger partial charge in [-0.1, -0.05) is 67.5 Å². The molecule has 3 rings (SSSR count). The highest BCUT2D eigenvalue weighted by molar-refractivity contribution is 6.13. The third-order valence-corrected chi connectivity index (χ3v) is 4.40. The second kappa shape index (κ2) is 6.31. The monoisotopic (exact) mass is 289 g/mol. The van der Waals surface area contributed by atoms with E-state index in [1.165, 1.54) is 27.5 Å². The molecule has 1 aliphatic carbocycles. The van der Waals surface area contributed by atoms with E-state index in [9.17, 15) is 0 Å². The molecular weight excluding hydrogens is 266 g/mol. The molecule has 0 unspecified atom stereocenters. The summed E-state index contributed by atoms with van der Waals surface area (Å²) >= 11 is 0. The summed E-state index contributed by atoms with van der Waals surface area (Å²) in [5, 5.41) is 11.1. The summed E-state index contributed by atoms with van der Waals surface area (Å²) in [6.07, 6.45) is 8.59. The molecule has 1 aliphatic rings. The summed E-state index contributed by atoms with van der Waals surface area (Å²) in [6, 6.07) is 12.8. The van der Waals surface area contributed by atoms with Crippen LogP contribution in [0.1, 0.15) is 50.7 Å². The fourth-order valence-electron chi connectivity index (χ4n) is 3.19. The lowest BCUT2D eigenvalue weighted by atomic mass is 9.89. The zero-order chi connectivity index (χ0) is 15.5. The van der Waals surface area contributed by atoms with Crippen LogP contribution in [0.15, 0.2) is 54.1 Å². The summed E-state index contributed by atoms with van der Waals surface area (Å²) in [5.41, 5.74) is 5.83. The minimum atomic E-state index is 0.777. The zero-order valence-electron chi connectivity index (χ0n) is 13.4. The van der Waals surface area contributed by atoms with E-state index in [2.05, 4.69) is 62.4 Å². The van der Waals surface area contributed by atoms with Crippen molar-refractivity contribution < 1.29 is 0 Å². The lowest BCUT2D eigenvalue weighted by molar-refractivity contribution is 0.833. The quantitative estimate of drug-likeness (QED) is 0.640. The Morgan fingerprint density at radius 1 is 1.14 bits per heavy atom. The molecule has 112 valence electrons. The van der Waals surface area contributed by atoms with Crippen molar-refractivity contribution in [3.63, 3.8) is 0 Å². The molecule has 0 fully saturated rings. The van der Waals surface area contributed by atoms with Gasteiger partial charge >= 0.3 is 0 Å². The van der Waals surface area contributed by atoms with Crippen LogP contribution in [-0.4, -0.2) is 5.71 Å². The number of nitrogens with one attached hydrogen (secondary N) is 1. The van der Waals surface area contributed by atoms with Crippen LogP contribution in [0, 0.1) is 5.41 Å². The smallest absolute Gasteiger partial charge is 0.0398 e. The molecule has 0 atom stereocenters. The Hall–Kier alpha value is -2.15. The predicted molar refractivity (Wildman–Crippen MR) is 96.7 cm³/mol. The molecule has 0 saturated carbocycles. The number of fused-ring (bicyclic) bond motifs is 1. The van der Waals surface area contributed by atoms with Crippen LogP contribution in [0.25, 0.3) is 16.3 Å². The molecular formula is C21H23N. The van der Waals surface area contributed by atoms with Crippen LogP contribution in [-0.2, 0) is 0 Å². The van der Waals surface area contributed by atoms with E-state index in [4.69, 9.17) is 5.41 Å². The van der Waals surface area contributed by atoms with Crippen molar-refractivity contribution in [2.45, 2.75) is 39.5 Å². The van der Waals surface area contributed by atoms with Crippen LogP contribution in [0.4, 0.5) is 0 Å². The van der Waals surface area contributed by atoms with Gasteiger partial charge in [0.15, 0.2) is 0 Å². The number of rotatable bonds is 5. The van der Waals surface area contributed by atoms with Crippen LogP contribution in [0.3, 0.4) is 0 Å². The summed E-state index contributed by atoms with van der Waals surface area (Å²) in [6.45, 7) is 4.33. The maximum atomic E-state index is 8.63. The average molecular weight is 289 g/mol. The van der Waals surface area contributed by atoms with E-state index in [0.717, 1.165) is 37.0 Å². The summed E-state index contributed by atoms with van der Waals surface area (Å²) in [4.78, 5) is 0. The Morgan fingerprint density at radius 3 is 2.68 bits per heavy atom. The van der Waals surface area contributed by atoms with E-state index in [0.29, 0.717) is 0 Å². The molecule has 1 heteroatoms. The molecule has 0 aliphatic heterocycles. The van der Waals surface area contributed by atoms with Gasteiger partial charge in [-0.3, -0.25) is 0 Å². The molecule has 22 heavy (non-hydrogen) atoms. The highest BCUT2D eigenvalue weighted by atomic mass is 14.4. The summed E-state index contributed by atoms with van der Waals surface area (Å²) in [5.74, 6) is 0. The van der Waals surface area contributed by atoms with Gasteiger partial charge in [-0.2, -0.15) is 0 Å². The van der Waals surface area contributed by atoms with Crippen molar-refractivity contribution in [3.8, 4) is 0 Å². The largest absolute Gasteiger partial charge is 0.305 e. The van der Waals surface area contributed by atoms with Gasteiger partial charge in [-0.25, -0.2) is 0 Å². The SMILES string of the molecule is CCCCC(=N)c1c(C2=CC(C)=CC2)ccc2ccccc12. The Labute approximate surface area is 132 Å². The van der Waals surface area contributed by atoms with Gasteiger partial charge < -0.3 is 5.41 Å². The highest BCUT2D eigenvalue weighted by Crippen LogP contribution is 2.34. The second-order valence-corrected chi connectivity index (χ2v) is 6.11. The van der Waals surface area contributed by atoms with Gasteiger partial charge in [-0.15, -0.1) is 0 Å². The van der Waals surface area contributed by atoms with E-state index < -0.39 is 0 Å². The lowest BCUT2D eigenvalue weighted by Crippen LogP contribution is -2.04. The number of allylic oxidation sites excluding steroid dienone is 4. The first kappa shape index (κ1) is 14.8. The van der Waals surface area contributed by atoms with Crippen LogP contribution >= 0.6 is 0 Å². The van der Waals surface area contributed by atoms with Crippen molar-refractivity contribution in [1.82, 2.24) is 0 Å². The molecule has 2 aromatic carbocycles. The Balaban J connectivity index is 2.15. The third-order valence-electron chi connectivity index (χ3n) is 4.40. The molecule has 1 N–H and O–H groups in total. The van der Waals surface area contributed by atoms with Gasteiger partial charge in [0.1, 0.15) is 0 Å². The van der Waals surface area contributed by atoms with E-state index in [1.54, 1.807) is 0 Å². The fraction of sp³-hybridized carbons (Fsp3) is 0.286. The molecule has 0 bridgehead atoms. The molecule has 1 nitrogen and oxygen atoms in total. The Bertz CT molecular complexity index is 778. The van der Waals surface area contributed by atoms with Crippen molar-refractivity contribution >= 4 is 22.1 Å². The predicted octanol–water partition coefficient (Wildman–Crippen LogP) is 6.13. The first-order valence-electron chi connectivity index (χ1n) is 8.18. The fourth-order valence-corrected chi connectivity index (χ4v) is 3.19. The van der Waals surface area contributed by atoms with Crippen molar-refractivity contribution in [3.05, 3.63) is 65.3 Å². The summed E-state index contributed by atoms with van der Waals surface area (Å²) < 4.78 is 0. The molecule has 0 spiro atoms. The maximum Gasteiger partial charge on any atom is 0.0398 e. The number of benzene rings is 2. The molecule has 0 amide bonds. The number of hydrogen-bond donors (Lipinski definition) is 1. The average Bonchev–Trinajstić information content (AvgIpc) is 2.97. The Morgan fingerprint density at radius 2 is 1.95 bits per heavy atom. The number of hydrogen-bond acceptors (Lipinski definition) is 1. The van der Waals surface area contributed by atoms with Crippen molar-refractivity contribution in [2.24, 2.45) is 0 Å². The van der Waals surface area contributed by atoms with Crippen molar-refractivity contribution in [1.29, 1.82) is 5.41 Å². The van der Waals surface area contributed by atoms with E-state index in [-0.39, 0.29) is 0 Å². The van der Waals surface area contributed by atoms with Crippen molar-refractivity contribution in [2.75, 3.05) is 0 Å². The first-order valence-corrected chi connectivity index (χ1v) is 8.18. The first-order chi connectivity index (χ1) is 10.7. The highest BCUT2D eigenvalue weighted by Gasteiger charge is 2.16. The topological polar surface area (TPSA) is 23.9 Å². The summed E-state index contributed by atoms with van der Waals surface area (Å²) in [7, 11) is 0. The van der Waals surface area contributed by atoms with Gasteiger partial charge in [0, 0.05) is 11.3 Å². The number of unbranched alkanes of at least 4 members (excludes halogenated alkanes) is 1. The lowest BCUT2D eigenvalue weighted by Gasteiger charge is -2.15. The normalized spacial score (nSPS) is 14.1. The molecule has 0 heterocycles. The van der Waals surface area contributed by atoms with Crippen LogP contribution < -0.4 is 0 Å². The second-order valence-electron chi connectivity index (χ2n) is 6.11. The maximum absolute atomic E-state index is 8.63. The van der Waals surface area contributed by atoms with E-state index in [1.807, 2.05) is 0 Å². The van der Waals surface area contributed by atoms with E-state index >= 15 is 0 Å². The molecule has 0 radical (unpaired) electrons. The third kappa shape index (κ3) is 2.76. The zero-order valence-corrected chi connectivity index (χ0v) is 13.4. The van der Waals surface area contributed by atoms with Crippen LogP contribution in [0.5, 0.6) is 0 Å².